The zero-order valence-corrected chi connectivity index (χ0v) is 9.61. The molecule has 3 atom stereocenters. The second kappa shape index (κ2) is 4.41. The average Bonchev–Trinajstić information content (AvgIpc) is 2.69. The van der Waals surface area contributed by atoms with Crippen LogP contribution in [0.1, 0.15) is 26.2 Å². The fourth-order valence-corrected chi connectivity index (χ4v) is 2.61. The van der Waals surface area contributed by atoms with Crippen molar-refractivity contribution in [2.24, 2.45) is 11.7 Å². The van der Waals surface area contributed by atoms with E-state index in [1.807, 2.05) is 6.92 Å². The molecule has 2 rings (SSSR count). The summed E-state index contributed by atoms with van der Waals surface area (Å²) in [7, 11) is 0. The summed E-state index contributed by atoms with van der Waals surface area (Å²) in [4.78, 5) is 25.4. The molecule has 2 saturated heterocycles. The number of piperidine rings is 1. The molecule has 90 valence electrons. The summed E-state index contributed by atoms with van der Waals surface area (Å²) in [5.41, 5.74) is 5.77. The van der Waals surface area contributed by atoms with Gasteiger partial charge >= 0.3 is 0 Å². The van der Waals surface area contributed by atoms with E-state index in [1.165, 1.54) is 0 Å². The van der Waals surface area contributed by atoms with Crippen LogP contribution >= 0.6 is 0 Å². The molecule has 0 bridgehead atoms. The highest BCUT2D eigenvalue weighted by Gasteiger charge is 2.43. The Morgan fingerprint density at radius 1 is 1.69 bits per heavy atom. The van der Waals surface area contributed by atoms with Crippen LogP contribution in [0.2, 0.25) is 0 Å². The van der Waals surface area contributed by atoms with Crippen LogP contribution in [0.3, 0.4) is 0 Å². The van der Waals surface area contributed by atoms with E-state index in [2.05, 4.69) is 5.32 Å². The number of likely N-dealkylation sites (tertiary alicyclic amines) is 1. The molecule has 0 aromatic rings. The summed E-state index contributed by atoms with van der Waals surface area (Å²) in [5.74, 6) is 0.0722. The fourth-order valence-electron chi connectivity index (χ4n) is 2.61. The largest absolute Gasteiger partial charge is 0.354 e. The first-order valence-electron chi connectivity index (χ1n) is 5.99. The van der Waals surface area contributed by atoms with Crippen molar-refractivity contribution >= 4 is 11.8 Å². The number of rotatable bonds is 2. The second-order valence-electron chi connectivity index (χ2n) is 4.61. The normalized spacial score (nSPS) is 30.9. The van der Waals surface area contributed by atoms with Crippen LogP contribution in [-0.4, -0.2) is 41.9 Å². The van der Waals surface area contributed by atoms with Crippen LogP contribution in [0.5, 0.6) is 0 Å². The number of carbonyl (C=O) groups excluding carboxylic acids is 2. The minimum absolute atomic E-state index is 0.00583. The fraction of sp³-hybridized carbons (Fsp3) is 0.818. The highest BCUT2D eigenvalue weighted by Crippen LogP contribution is 2.27. The maximum atomic E-state index is 12.0. The van der Waals surface area contributed by atoms with Crippen molar-refractivity contribution < 1.29 is 9.59 Å². The van der Waals surface area contributed by atoms with Gasteiger partial charge in [-0.2, -0.15) is 0 Å². The Morgan fingerprint density at radius 2 is 2.44 bits per heavy atom. The summed E-state index contributed by atoms with van der Waals surface area (Å²) in [6, 6.07) is -0.388. The molecule has 2 amide bonds. The predicted octanol–water partition coefficient (Wildman–Crippen LogP) is -0.539. The smallest absolute Gasteiger partial charge is 0.239 e. The molecule has 0 radical (unpaired) electrons. The molecule has 0 aliphatic carbocycles. The number of nitrogens with two attached hydrogens (primary N) is 1. The molecule has 3 N–H and O–H groups in total. The second-order valence-corrected chi connectivity index (χ2v) is 4.61. The first-order valence-corrected chi connectivity index (χ1v) is 5.99. The number of amides is 2. The standard InChI is InChI=1S/C11H19N3O2/c1-2-8(12)11(16)14-5-3-4-7-9(14)6-13-10(7)15/h7-9H,2-6,12H2,1H3,(H,13,15). The van der Waals surface area contributed by atoms with Gasteiger partial charge in [-0.3, -0.25) is 9.59 Å². The van der Waals surface area contributed by atoms with Gasteiger partial charge in [-0.05, 0) is 19.3 Å². The van der Waals surface area contributed by atoms with Gasteiger partial charge in [0.05, 0.1) is 18.0 Å². The Kier molecular flexibility index (Phi) is 3.14. The zero-order chi connectivity index (χ0) is 11.7. The molecule has 2 fully saturated rings. The third kappa shape index (κ3) is 1.80. The molecular formula is C11H19N3O2. The number of nitrogens with one attached hydrogen (secondary N) is 1. The molecule has 5 nitrogen and oxygen atoms in total. The topological polar surface area (TPSA) is 75.4 Å². The van der Waals surface area contributed by atoms with Gasteiger partial charge in [0, 0.05) is 13.1 Å². The van der Waals surface area contributed by atoms with E-state index in [1.54, 1.807) is 4.90 Å². The maximum absolute atomic E-state index is 12.0. The van der Waals surface area contributed by atoms with Crippen molar-refractivity contribution in [1.82, 2.24) is 10.2 Å². The number of hydrogen-bond donors (Lipinski definition) is 2. The SMILES string of the molecule is CCC(N)C(=O)N1CCCC2C(=O)NCC21. The van der Waals surface area contributed by atoms with Gasteiger partial charge in [-0.15, -0.1) is 0 Å². The number of fused-ring (bicyclic) bond motifs is 1. The van der Waals surface area contributed by atoms with E-state index in [4.69, 9.17) is 5.73 Å². The van der Waals surface area contributed by atoms with E-state index in [0.717, 1.165) is 19.4 Å². The van der Waals surface area contributed by atoms with Gasteiger partial charge in [-0.25, -0.2) is 0 Å². The van der Waals surface area contributed by atoms with Crippen molar-refractivity contribution in [3.05, 3.63) is 0 Å². The van der Waals surface area contributed by atoms with Gasteiger partial charge in [-0.1, -0.05) is 6.92 Å². The Hall–Kier alpha value is -1.10. The van der Waals surface area contributed by atoms with Crippen molar-refractivity contribution in [2.75, 3.05) is 13.1 Å². The first kappa shape index (κ1) is 11.4. The molecule has 5 heteroatoms. The van der Waals surface area contributed by atoms with E-state index in [9.17, 15) is 9.59 Å². The molecule has 0 spiro atoms. The Morgan fingerprint density at radius 3 is 3.12 bits per heavy atom. The highest BCUT2D eigenvalue weighted by molar-refractivity contribution is 5.86. The van der Waals surface area contributed by atoms with E-state index in [-0.39, 0.29) is 23.8 Å². The van der Waals surface area contributed by atoms with Crippen LogP contribution in [0, 0.1) is 5.92 Å². The van der Waals surface area contributed by atoms with Crippen LogP contribution in [-0.2, 0) is 9.59 Å². The lowest BCUT2D eigenvalue weighted by atomic mass is 9.91. The molecule has 0 saturated carbocycles. The lowest BCUT2D eigenvalue weighted by Gasteiger charge is -2.37. The highest BCUT2D eigenvalue weighted by atomic mass is 16.2. The minimum atomic E-state index is -0.422. The third-order valence-corrected chi connectivity index (χ3v) is 3.64. The van der Waals surface area contributed by atoms with Gasteiger partial charge in [0.2, 0.25) is 11.8 Å². The minimum Gasteiger partial charge on any atom is -0.354 e. The quantitative estimate of drug-likeness (QED) is 0.663. The first-order chi connectivity index (χ1) is 7.65. The molecule has 2 heterocycles. The van der Waals surface area contributed by atoms with Crippen LogP contribution < -0.4 is 11.1 Å². The van der Waals surface area contributed by atoms with Crippen molar-refractivity contribution in [3.8, 4) is 0 Å². The lowest BCUT2D eigenvalue weighted by Crippen LogP contribution is -2.53. The number of nitrogens with zero attached hydrogens (tertiary/aromatic N) is 1. The summed E-state index contributed by atoms with van der Waals surface area (Å²) in [5, 5.41) is 2.83. The molecule has 2 aliphatic rings. The van der Waals surface area contributed by atoms with E-state index in [0.29, 0.717) is 13.0 Å². The van der Waals surface area contributed by atoms with Gasteiger partial charge in [0.15, 0.2) is 0 Å². The van der Waals surface area contributed by atoms with Crippen molar-refractivity contribution in [1.29, 1.82) is 0 Å². The molecule has 0 aromatic carbocycles. The third-order valence-electron chi connectivity index (χ3n) is 3.64. The lowest BCUT2D eigenvalue weighted by molar-refractivity contribution is -0.138. The summed E-state index contributed by atoms with van der Waals surface area (Å²) >= 11 is 0. The van der Waals surface area contributed by atoms with Crippen LogP contribution in [0.25, 0.3) is 0 Å². The zero-order valence-electron chi connectivity index (χ0n) is 9.61. The van der Waals surface area contributed by atoms with Gasteiger partial charge in [0.1, 0.15) is 0 Å². The number of carbonyl (C=O) groups is 2. The summed E-state index contributed by atoms with van der Waals surface area (Å²) < 4.78 is 0. The molecule has 16 heavy (non-hydrogen) atoms. The van der Waals surface area contributed by atoms with Gasteiger partial charge < -0.3 is 16.0 Å². The number of hydrogen-bond acceptors (Lipinski definition) is 3. The predicted molar refractivity (Wildman–Crippen MR) is 59.5 cm³/mol. The Bertz CT molecular complexity index is 306. The monoisotopic (exact) mass is 225 g/mol. The van der Waals surface area contributed by atoms with E-state index < -0.39 is 6.04 Å². The van der Waals surface area contributed by atoms with Crippen molar-refractivity contribution in [3.63, 3.8) is 0 Å². The molecule has 0 aromatic heterocycles. The molecule has 2 aliphatic heterocycles. The Balaban J connectivity index is 2.10. The van der Waals surface area contributed by atoms with Crippen molar-refractivity contribution in [2.45, 2.75) is 38.3 Å². The van der Waals surface area contributed by atoms with Crippen LogP contribution in [0.15, 0.2) is 0 Å². The van der Waals surface area contributed by atoms with Crippen LogP contribution in [0.4, 0.5) is 0 Å². The average molecular weight is 225 g/mol. The molecular weight excluding hydrogens is 206 g/mol. The summed E-state index contributed by atoms with van der Waals surface area (Å²) in [6.45, 7) is 3.23. The van der Waals surface area contributed by atoms with Gasteiger partial charge in [0.25, 0.3) is 0 Å². The van der Waals surface area contributed by atoms with E-state index >= 15 is 0 Å². The Labute approximate surface area is 95.3 Å². The maximum Gasteiger partial charge on any atom is 0.239 e. The molecule has 3 unspecified atom stereocenters. The summed E-state index contributed by atoms with van der Waals surface area (Å²) in [6.07, 6.45) is 2.44.